The number of nitrogens with zero attached hydrogens (tertiary/aromatic N) is 1. The number of Topliss-reactive ketones (excluding diaryl/α,β-unsaturated/α-hetero) is 1. The van der Waals surface area contributed by atoms with Crippen LogP contribution in [-0.4, -0.2) is 38.9 Å². The molecule has 1 aromatic heterocycles. The van der Waals surface area contributed by atoms with E-state index in [0.717, 1.165) is 0 Å². The average Bonchev–Trinajstić information content (AvgIpc) is 2.88. The van der Waals surface area contributed by atoms with Gasteiger partial charge in [-0.25, -0.2) is 0 Å². The fourth-order valence-corrected chi connectivity index (χ4v) is 2.23. The molecule has 0 saturated heterocycles. The van der Waals surface area contributed by atoms with Crippen LogP contribution in [0.1, 0.15) is 34.7 Å². The first-order valence-corrected chi connectivity index (χ1v) is 7.75. The molecule has 0 fully saturated rings. The van der Waals surface area contributed by atoms with Crippen molar-refractivity contribution in [3.8, 4) is 5.75 Å². The molecule has 9 heteroatoms. The summed E-state index contributed by atoms with van der Waals surface area (Å²) in [6, 6.07) is 5.39. The Hall–Kier alpha value is -2.68. The van der Waals surface area contributed by atoms with Crippen molar-refractivity contribution in [3.05, 3.63) is 40.0 Å². The van der Waals surface area contributed by atoms with Gasteiger partial charge in [-0.05, 0) is 41.9 Å². The standard InChI is InChI=1S/C15H15BrN4O4/c1-7(8(2)21)17-15(24)12-11(16)13(20-19-12)18-14(23)9-5-3-4-6-10(9)22/h3-7,22H,1-2H3,(H,17,24)(H2,18,19,20,23). The average molecular weight is 395 g/mol. The van der Waals surface area contributed by atoms with E-state index in [9.17, 15) is 19.5 Å². The molecule has 0 saturated carbocycles. The van der Waals surface area contributed by atoms with Gasteiger partial charge in [0, 0.05) is 0 Å². The molecule has 0 spiro atoms. The van der Waals surface area contributed by atoms with Crippen molar-refractivity contribution in [2.45, 2.75) is 19.9 Å². The van der Waals surface area contributed by atoms with Gasteiger partial charge in [0.25, 0.3) is 11.8 Å². The molecule has 1 aromatic carbocycles. The van der Waals surface area contributed by atoms with E-state index in [-0.39, 0.29) is 33.1 Å². The number of nitrogens with one attached hydrogen (secondary N) is 3. The first-order valence-electron chi connectivity index (χ1n) is 6.95. The number of carbonyl (C=O) groups is 3. The van der Waals surface area contributed by atoms with Gasteiger partial charge >= 0.3 is 0 Å². The fraction of sp³-hybridized carbons (Fsp3) is 0.200. The van der Waals surface area contributed by atoms with Crippen LogP contribution in [0.4, 0.5) is 5.82 Å². The third-order valence-electron chi connectivity index (χ3n) is 3.27. The SMILES string of the molecule is CC(=O)C(C)NC(=O)c1[nH]nc(NC(=O)c2ccccc2O)c1Br. The second kappa shape index (κ2) is 7.26. The third-order valence-corrected chi connectivity index (χ3v) is 4.04. The lowest BCUT2D eigenvalue weighted by Gasteiger charge is -2.09. The number of rotatable bonds is 5. The number of halogens is 1. The number of phenolic OH excluding ortho intramolecular Hbond substituents is 1. The van der Waals surface area contributed by atoms with Crippen LogP contribution in [0.15, 0.2) is 28.7 Å². The molecule has 2 rings (SSSR count). The lowest BCUT2D eigenvalue weighted by molar-refractivity contribution is -0.118. The van der Waals surface area contributed by atoms with Gasteiger partial charge in [0.05, 0.1) is 16.1 Å². The van der Waals surface area contributed by atoms with E-state index in [2.05, 4.69) is 36.8 Å². The molecule has 0 radical (unpaired) electrons. The third kappa shape index (κ3) is 3.80. The summed E-state index contributed by atoms with van der Waals surface area (Å²) in [4.78, 5) is 35.4. The summed E-state index contributed by atoms with van der Waals surface area (Å²) in [5.41, 5.74) is 0.138. The van der Waals surface area contributed by atoms with Gasteiger partial charge in [-0.2, -0.15) is 5.10 Å². The smallest absolute Gasteiger partial charge is 0.271 e. The number of hydrogen-bond acceptors (Lipinski definition) is 5. The van der Waals surface area contributed by atoms with Crippen molar-refractivity contribution in [3.63, 3.8) is 0 Å². The summed E-state index contributed by atoms with van der Waals surface area (Å²) in [5.74, 6) is -1.39. The van der Waals surface area contributed by atoms with Gasteiger partial charge in [-0.15, -0.1) is 0 Å². The van der Waals surface area contributed by atoms with Crippen LogP contribution >= 0.6 is 15.9 Å². The number of amides is 2. The van der Waals surface area contributed by atoms with Crippen LogP contribution < -0.4 is 10.6 Å². The van der Waals surface area contributed by atoms with Gasteiger partial charge < -0.3 is 15.7 Å². The number of anilines is 1. The van der Waals surface area contributed by atoms with Crippen molar-refractivity contribution >= 4 is 39.3 Å². The Morgan fingerprint density at radius 3 is 2.54 bits per heavy atom. The van der Waals surface area contributed by atoms with Crippen LogP contribution in [0.2, 0.25) is 0 Å². The summed E-state index contributed by atoms with van der Waals surface area (Å²) in [7, 11) is 0. The van der Waals surface area contributed by atoms with E-state index in [0.29, 0.717) is 0 Å². The van der Waals surface area contributed by atoms with E-state index in [1.807, 2.05) is 0 Å². The predicted molar refractivity (Wildman–Crippen MR) is 90.0 cm³/mol. The summed E-state index contributed by atoms with van der Waals surface area (Å²) in [6.07, 6.45) is 0. The summed E-state index contributed by atoms with van der Waals surface area (Å²) >= 11 is 3.18. The van der Waals surface area contributed by atoms with E-state index < -0.39 is 17.9 Å². The highest BCUT2D eigenvalue weighted by Crippen LogP contribution is 2.25. The first kappa shape index (κ1) is 17.7. The molecular formula is C15H15BrN4O4. The number of aromatic amines is 1. The molecular weight excluding hydrogens is 380 g/mol. The van der Waals surface area contributed by atoms with Crippen molar-refractivity contribution < 1.29 is 19.5 Å². The Balaban J connectivity index is 2.15. The molecule has 2 aromatic rings. The maximum absolute atomic E-state index is 12.1. The first-order chi connectivity index (χ1) is 11.3. The zero-order valence-electron chi connectivity index (χ0n) is 12.9. The van der Waals surface area contributed by atoms with Crippen LogP contribution in [0.25, 0.3) is 0 Å². The number of phenols is 1. The van der Waals surface area contributed by atoms with Crippen LogP contribution in [0.3, 0.4) is 0 Å². The molecule has 0 aliphatic rings. The van der Waals surface area contributed by atoms with Crippen LogP contribution in [-0.2, 0) is 4.79 Å². The topological polar surface area (TPSA) is 124 Å². The van der Waals surface area contributed by atoms with Crippen LogP contribution in [0, 0.1) is 0 Å². The summed E-state index contributed by atoms with van der Waals surface area (Å²) in [5, 5.41) is 21.0. The predicted octanol–water partition coefficient (Wildman–Crippen LogP) is 1.84. The molecule has 2 amide bonds. The van der Waals surface area contributed by atoms with Gasteiger partial charge in [-0.1, -0.05) is 12.1 Å². The molecule has 0 aliphatic heterocycles. The van der Waals surface area contributed by atoms with E-state index in [4.69, 9.17) is 0 Å². The van der Waals surface area contributed by atoms with E-state index in [1.54, 1.807) is 19.1 Å². The highest BCUT2D eigenvalue weighted by Gasteiger charge is 2.22. The van der Waals surface area contributed by atoms with Gasteiger partial charge in [0.15, 0.2) is 11.6 Å². The number of H-pyrrole nitrogens is 1. The lowest BCUT2D eigenvalue weighted by Crippen LogP contribution is -2.37. The van der Waals surface area contributed by atoms with E-state index in [1.165, 1.54) is 19.1 Å². The van der Waals surface area contributed by atoms with Crippen molar-refractivity contribution in [1.82, 2.24) is 15.5 Å². The van der Waals surface area contributed by atoms with Crippen molar-refractivity contribution in [2.24, 2.45) is 0 Å². The highest BCUT2D eigenvalue weighted by atomic mass is 79.9. The zero-order valence-corrected chi connectivity index (χ0v) is 14.5. The normalized spacial score (nSPS) is 11.6. The van der Waals surface area contributed by atoms with Crippen molar-refractivity contribution in [2.75, 3.05) is 5.32 Å². The number of ketones is 1. The van der Waals surface area contributed by atoms with Gasteiger partial charge in [0.1, 0.15) is 11.4 Å². The maximum atomic E-state index is 12.1. The number of para-hydroxylation sites is 1. The molecule has 0 bridgehead atoms. The Morgan fingerprint density at radius 2 is 1.92 bits per heavy atom. The number of hydrogen-bond donors (Lipinski definition) is 4. The Kier molecular flexibility index (Phi) is 5.35. The minimum Gasteiger partial charge on any atom is -0.507 e. The summed E-state index contributed by atoms with van der Waals surface area (Å²) < 4.78 is 0.236. The Bertz CT molecular complexity index is 803. The minimum absolute atomic E-state index is 0.0654. The number of carbonyl (C=O) groups excluding carboxylic acids is 3. The van der Waals surface area contributed by atoms with Gasteiger partial charge in [0.2, 0.25) is 0 Å². The molecule has 1 atom stereocenters. The molecule has 1 unspecified atom stereocenters. The molecule has 0 aliphatic carbocycles. The second-order valence-corrected chi connectivity index (χ2v) is 5.83. The Labute approximate surface area is 145 Å². The lowest BCUT2D eigenvalue weighted by atomic mass is 10.2. The fourth-order valence-electron chi connectivity index (χ4n) is 1.77. The maximum Gasteiger partial charge on any atom is 0.271 e. The largest absolute Gasteiger partial charge is 0.507 e. The van der Waals surface area contributed by atoms with Gasteiger partial charge in [-0.3, -0.25) is 19.5 Å². The highest BCUT2D eigenvalue weighted by molar-refractivity contribution is 9.10. The number of benzene rings is 1. The molecule has 24 heavy (non-hydrogen) atoms. The molecule has 4 N–H and O–H groups in total. The Morgan fingerprint density at radius 1 is 1.25 bits per heavy atom. The minimum atomic E-state index is -0.646. The second-order valence-electron chi connectivity index (χ2n) is 5.04. The van der Waals surface area contributed by atoms with Crippen LogP contribution in [0.5, 0.6) is 5.75 Å². The zero-order chi connectivity index (χ0) is 17.9. The summed E-state index contributed by atoms with van der Waals surface area (Å²) in [6.45, 7) is 2.93. The number of aromatic hydroxyl groups is 1. The van der Waals surface area contributed by atoms with E-state index >= 15 is 0 Å². The molecule has 126 valence electrons. The molecule has 1 heterocycles. The number of aromatic nitrogens is 2. The quantitative estimate of drug-likeness (QED) is 0.615. The van der Waals surface area contributed by atoms with Crippen molar-refractivity contribution in [1.29, 1.82) is 0 Å². The monoisotopic (exact) mass is 394 g/mol. The molecule has 8 nitrogen and oxygen atoms in total.